The van der Waals surface area contributed by atoms with Crippen LogP contribution < -0.4 is 22.1 Å². The van der Waals surface area contributed by atoms with Crippen LogP contribution in [0.25, 0.3) is 10.8 Å². The topological polar surface area (TPSA) is 135 Å². The third-order valence-electron chi connectivity index (χ3n) is 8.45. The predicted molar refractivity (Wildman–Crippen MR) is 201 cm³/mol. The molecule has 2 atom stereocenters. The highest BCUT2D eigenvalue weighted by Gasteiger charge is 2.27. The second-order valence-electron chi connectivity index (χ2n) is 12.0. The van der Waals surface area contributed by atoms with E-state index >= 15 is 0 Å². The summed E-state index contributed by atoms with van der Waals surface area (Å²) in [5, 5.41) is 9.54. The summed E-state index contributed by atoms with van der Waals surface area (Å²) in [5.41, 5.74) is 14.8. The number of nitrogens with two attached hydrogens (primary N) is 2. The lowest BCUT2D eigenvalue weighted by molar-refractivity contribution is -0.133. The van der Waals surface area contributed by atoms with Crippen LogP contribution in [0.1, 0.15) is 55.7 Å². The molecule has 0 aromatic heterocycles. The van der Waals surface area contributed by atoms with Crippen molar-refractivity contribution in [3.63, 3.8) is 0 Å². The number of carbonyl (C=O) groups excluding carboxylic acids is 2. The molecule has 0 saturated heterocycles. The molecule has 0 aliphatic rings. The van der Waals surface area contributed by atoms with E-state index in [-0.39, 0.29) is 29.9 Å². The number of aliphatic imine (C=N–C) groups is 1. The van der Waals surface area contributed by atoms with Gasteiger partial charge in [-0.15, -0.1) is 0 Å². The van der Waals surface area contributed by atoms with Crippen molar-refractivity contribution in [3.05, 3.63) is 120 Å². The zero-order chi connectivity index (χ0) is 35.3. The summed E-state index contributed by atoms with van der Waals surface area (Å²) in [4.78, 5) is 29.6. The molecule has 4 rings (SSSR count). The average Bonchev–Trinajstić information content (AvgIpc) is 3.14. The zero-order valence-electron chi connectivity index (χ0n) is 29.3. The molecule has 0 bridgehead atoms. The molecular formula is C40H54N6O3. The zero-order valence-corrected chi connectivity index (χ0v) is 29.3. The van der Waals surface area contributed by atoms with Gasteiger partial charge >= 0.3 is 0 Å². The van der Waals surface area contributed by atoms with Crippen LogP contribution in [0, 0.1) is 0 Å². The molecule has 0 radical (unpaired) electrons. The Kier molecular flexibility index (Phi) is 17.4. The van der Waals surface area contributed by atoms with Crippen LogP contribution in [-0.2, 0) is 20.7 Å². The van der Waals surface area contributed by atoms with E-state index in [2.05, 4.69) is 118 Å². The van der Waals surface area contributed by atoms with E-state index < -0.39 is 0 Å². The van der Waals surface area contributed by atoms with Gasteiger partial charge in [0.2, 0.25) is 5.91 Å². The molecule has 4 aromatic rings. The van der Waals surface area contributed by atoms with Crippen molar-refractivity contribution in [1.82, 2.24) is 15.5 Å². The van der Waals surface area contributed by atoms with Crippen molar-refractivity contribution in [2.24, 2.45) is 16.5 Å². The van der Waals surface area contributed by atoms with Gasteiger partial charge in [0, 0.05) is 38.1 Å². The van der Waals surface area contributed by atoms with Crippen molar-refractivity contribution in [1.29, 1.82) is 0 Å². The lowest BCUT2D eigenvalue weighted by atomic mass is 9.90. The Labute approximate surface area is 292 Å². The smallest absolute Gasteiger partial charge is 0.293 e. The summed E-state index contributed by atoms with van der Waals surface area (Å²) < 4.78 is 4.30. The first-order valence-corrected chi connectivity index (χ1v) is 17.3. The normalized spacial score (nSPS) is 12.0. The van der Waals surface area contributed by atoms with E-state index in [0.29, 0.717) is 52.1 Å². The molecule has 262 valence electrons. The first-order chi connectivity index (χ1) is 23.9. The van der Waals surface area contributed by atoms with E-state index in [1.165, 1.54) is 27.5 Å². The number of fused-ring (bicyclic) bond motifs is 1. The fraction of sp³-hybridized carbons (Fsp3) is 0.375. The molecule has 4 aromatic carbocycles. The molecule has 1 amide bonds. The summed E-state index contributed by atoms with van der Waals surface area (Å²) in [6.45, 7) is 7.37. The van der Waals surface area contributed by atoms with Gasteiger partial charge in [-0.1, -0.05) is 110 Å². The van der Waals surface area contributed by atoms with Crippen molar-refractivity contribution >= 4 is 29.1 Å². The highest BCUT2D eigenvalue weighted by molar-refractivity contribution is 5.83. The molecule has 0 aliphatic carbocycles. The Hall–Kier alpha value is -4.73. The number of guanidine groups is 1. The fourth-order valence-electron chi connectivity index (χ4n) is 5.78. The molecular weight excluding hydrogens is 612 g/mol. The van der Waals surface area contributed by atoms with Crippen LogP contribution in [-0.4, -0.2) is 75.2 Å². The van der Waals surface area contributed by atoms with E-state index in [9.17, 15) is 9.59 Å². The Bertz CT molecular complexity index is 1510. The molecule has 49 heavy (non-hydrogen) atoms. The maximum atomic E-state index is 14.2. The number of likely N-dealkylation sites (N-methyl/N-ethyl adjacent to an activating group) is 2. The van der Waals surface area contributed by atoms with Gasteiger partial charge in [-0.2, -0.15) is 0 Å². The lowest BCUT2D eigenvalue weighted by Crippen LogP contribution is -2.51. The van der Waals surface area contributed by atoms with Gasteiger partial charge in [0.05, 0.1) is 12.6 Å². The van der Waals surface area contributed by atoms with Crippen LogP contribution in [0.3, 0.4) is 0 Å². The molecule has 0 aliphatic heterocycles. The Morgan fingerprint density at radius 2 is 1.53 bits per heavy atom. The molecule has 6 N–H and O–H groups in total. The molecule has 0 spiro atoms. The number of amides is 1. The van der Waals surface area contributed by atoms with Gasteiger partial charge in [-0.3, -0.25) is 14.6 Å². The standard InChI is InChI=1S/C36H46N6O.C4H8O2/c1-3-42(26-33(29-14-6-4-7-15-29)30-16-8-5-9-17-30)35(43)34(19-12-22-40-36(37)38)41-25-32(39-2)24-27-20-21-28-13-10-11-18-31(28)23-27;1-2-3-6-4-5/h4-11,13-18,20-21,23,32-34,39,41H,3,12,19,22,24-26H2,1-2H3,(H4,37,38,40);4H,2-3H2,1H3/t32-,34-;/m0./s1. The minimum absolute atomic E-state index is 0.0743. The molecule has 0 heterocycles. The summed E-state index contributed by atoms with van der Waals surface area (Å²) >= 11 is 0. The van der Waals surface area contributed by atoms with Crippen molar-refractivity contribution in [3.8, 4) is 0 Å². The first kappa shape index (κ1) is 38.7. The van der Waals surface area contributed by atoms with Crippen molar-refractivity contribution in [2.45, 2.75) is 57.5 Å². The Morgan fingerprint density at radius 3 is 2.08 bits per heavy atom. The van der Waals surface area contributed by atoms with Crippen LogP contribution in [0.15, 0.2) is 108 Å². The lowest BCUT2D eigenvalue weighted by Gasteiger charge is -2.31. The number of nitrogens with zero attached hydrogens (tertiary/aromatic N) is 2. The summed E-state index contributed by atoms with van der Waals surface area (Å²) in [7, 11) is 1.98. The largest absolute Gasteiger partial charge is 0.468 e. The minimum Gasteiger partial charge on any atom is -0.468 e. The monoisotopic (exact) mass is 666 g/mol. The second-order valence-corrected chi connectivity index (χ2v) is 12.0. The van der Waals surface area contributed by atoms with Gasteiger partial charge in [0.15, 0.2) is 5.96 Å². The van der Waals surface area contributed by atoms with Crippen molar-refractivity contribution in [2.75, 3.05) is 39.8 Å². The SMILES string of the molecule is CCCOC=O.CCN(CC(c1ccccc1)c1ccccc1)C(=O)[C@H](CCCN=C(N)N)NC[C@H](Cc1ccc2ccccc2c1)NC. The molecule has 0 saturated carbocycles. The first-order valence-electron chi connectivity index (χ1n) is 17.3. The van der Waals surface area contributed by atoms with Gasteiger partial charge in [0.25, 0.3) is 6.47 Å². The van der Waals surface area contributed by atoms with Crippen LogP contribution in [0.4, 0.5) is 0 Å². The number of benzene rings is 4. The number of ether oxygens (including phenoxy) is 1. The number of carbonyl (C=O) groups is 2. The van der Waals surface area contributed by atoms with Crippen molar-refractivity contribution < 1.29 is 14.3 Å². The van der Waals surface area contributed by atoms with Gasteiger partial charge in [-0.05, 0) is 67.1 Å². The summed E-state index contributed by atoms with van der Waals surface area (Å²) in [6.07, 6.45) is 3.10. The summed E-state index contributed by atoms with van der Waals surface area (Å²) in [5.74, 6) is 0.251. The number of rotatable bonds is 19. The van der Waals surface area contributed by atoms with E-state index in [0.717, 1.165) is 12.8 Å². The number of hydrogen-bond donors (Lipinski definition) is 4. The van der Waals surface area contributed by atoms with Crippen LogP contribution >= 0.6 is 0 Å². The third kappa shape index (κ3) is 13.4. The molecule has 9 nitrogen and oxygen atoms in total. The molecule has 0 fully saturated rings. The van der Waals surface area contributed by atoms with Gasteiger partial charge in [0.1, 0.15) is 0 Å². The predicted octanol–water partition coefficient (Wildman–Crippen LogP) is 5.23. The van der Waals surface area contributed by atoms with Crippen LogP contribution in [0.2, 0.25) is 0 Å². The van der Waals surface area contributed by atoms with E-state index in [4.69, 9.17) is 11.5 Å². The quantitative estimate of drug-likeness (QED) is 0.0466. The molecule has 9 heteroatoms. The second kappa shape index (κ2) is 22.0. The number of nitrogens with one attached hydrogen (secondary N) is 2. The third-order valence-corrected chi connectivity index (χ3v) is 8.45. The van der Waals surface area contributed by atoms with Crippen LogP contribution in [0.5, 0.6) is 0 Å². The minimum atomic E-state index is -0.353. The van der Waals surface area contributed by atoms with Gasteiger partial charge in [-0.25, -0.2) is 0 Å². The maximum absolute atomic E-state index is 14.2. The number of hydrogen-bond acceptors (Lipinski definition) is 6. The molecule has 0 unspecified atom stereocenters. The Balaban J connectivity index is 0.000000992. The van der Waals surface area contributed by atoms with Gasteiger partial charge < -0.3 is 31.7 Å². The highest BCUT2D eigenvalue weighted by atomic mass is 16.5. The Morgan fingerprint density at radius 1 is 0.898 bits per heavy atom. The van der Waals surface area contributed by atoms with E-state index in [1.807, 2.05) is 31.0 Å². The fourth-order valence-corrected chi connectivity index (χ4v) is 5.78. The highest BCUT2D eigenvalue weighted by Crippen LogP contribution is 2.26. The van der Waals surface area contributed by atoms with E-state index in [1.54, 1.807) is 0 Å². The average molecular weight is 667 g/mol. The summed E-state index contributed by atoms with van der Waals surface area (Å²) in [6, 6.07) is 35.7. The maximum Gasteiger partial charge on any atom is 0.293 e.